The summed E-state index contributed by atoms with van der Waals surface area (Å²) in [5, 5.41) is 20.2. The molecule has 0 aliphatic heterocycles. The SMILES string of the molecule is COCC(O)CCNS(=O)(=O)c1ccc(C)c([N+](=O)[O-])c1. The molecule has 0 amide bonds. The lowest BCUT2D eigenvalue weighted by Crippen LogP contribution is -2.28. The van der Waals surface area contributed by atoms with Gasteiger partial charge in [-0.2, -0.15) is 0 Å². The number of rotatable bonds is 8. The zero-order valence-corrected chi connectivity index (χ0v) is 12.6. The number of aryl methyl sites for hydroxylation is 1. The lowest BCUT2D eigenvalue weighted by atomic mass is 10.2. The number of nitrogens with zero attached hydrogens (tertiary/aromatic N) is 1. The molecule has 0 spiro atoms. The number of aliphatic hydroxyl groups is 1. The van der Waals surface area contributed by atoms with Crippen LogP contribution in [-0.4, -0.2) is 44.8 Å². The molecule has 1 unspecified atom stereocenters. The molecule has 0 aliphatic carbocycles. The van der Waals surface area contributed by atoms with Crippen LogP contribution in [0.1, 0.15) is 12.0 Å². The fourth-order valence-electron chi connectivity index (χ4n) is 1.67. The Labute approximate surface area is 122 Å². The van der Waals surface area contributed by atoms with E-state index in [0.717, 1.165) is 6.07 Å². The summed E-state index contributed by atoms with van der Waals surface area (Å²) in [6, 6.07) is 3.70. The van der Waals surface area contributed by atoms with Gasteiger partial charge in [-0.25, -0.2) is 13.1 Å². The maximum atomic E-state index is 12.0. The van der Waals surface area contributed by atoms with Crippen LogP contribution in [-0.2, 0) is 14.8 Å². The topological polar surface area (TPSA) is 119 Å². The fraction of sp³-hybridized carbons (Fsp3) is 0.500. The van der Waals surface area contributed by atoms with Gasteiger partial charge in [-0.3, -0.25) is 10.1 Å². The third-order valence-corrected chi connectivity index (χ3v) is 4.27. The molecule has 0 aromatic heterocycles. The van der Waals surface area contributed by atoms with Crippen molar-refractivity contribution in [3.8, 4) is 0 Å². The van der Waals surface area contributed by atoms with Gasteiger partial charge in [0, 0.05) is 25.3 Å². The molecule has 2 N–H and O–H groups in total. The fourth-order valence-corrected chi connectivity index (χ4v) is 2.74. The molecule has 0 radical (unpaired) electrons. The smallest absolute Gasteiger partial charge is 0.273 e. The zero-order valence-electron chi connectivity index (χ0n) is 11.8. The van der Waals surface area contributed by atoms with Crippen LogP contribution in [0.2, 0.25) is 0 Å². The van der Waals surface area contributed by atoms with Gasteiger partial charge < -0.3 is 9.84 Å². The minimum Gasteiger partial charge on any atom is -0.391 e. The lowest BCUT2D eigenvalue weighted by molar-refractivity contribution is -0.385. The Balaban J connectivity index is 2.79. The van der Waals surface area contributed by atoms with E-state index in [2.05, 4.69) is 4.72 Å². The molecule has 0 heterocycles. The van der Waals surface area contributed by atoms with Crippen molar-refractivity contribution in [2.45, 2.75) is 24.3 Å². The van der Waals surface area contributed by atoms with Crippen molar-refractivity contribution in [3.63, 3.8) is 0 Å². The van der Waals surface area contributed by atoms with Crippen LogP contribution in [0, 0.1) is 17.0 Å². The average molecular weight is 318 g/mol. The number of sulfonamides is 1. The van der Waals surface area contributed by atoms with E-state index in [-0.39, 0.29) is 30.2 Å². The zero-order chi connectivity index (χ0) is 16.0. The van der Waals surface area contributed by atoms with Crippen molar-refractivity contribution in [1.82, 2.24) is 4.72 Å². The summed E-state index contributed by atoms with van der Waals surface area (Å²) in [6.45, 7) is 1.65. The molecule has 21 heavy (non-hydrogen) atoms. The number of nitro benzene ring substituents is 1. The van der Waals surface area contributed by atoms with Crippen LogP contribution >= 0.6 is 0 Å². The number of nitrogens with one attached hydrogen (secondary N) is 1. The van der Waals surface area contributed by atoms with Crippen LogP contribution in [0.25, 0.3) is 0 Å². The van der Waals surface area contributed by atoms with Crippen molar-refractivity contribution in [2.75, 3.05) is 20.3 Å². The minimum atomic E-state index is -3.85. The molecule has 118 valence electrons. The molecule has 0 aliphatic rings. The molecule has 1 atom stereocenters. The number of nitro groups is 1. The van der Waals surface area contributed by atoms with Crippen LogP contribution < -0.4 is 4.72 Å². The van der Waals surface area contributed by atoms with Crippen molar-refractivity contribution < 1.29 is 23.2 Å². The Morgan fingerprint density at radius 1 is 1.48 bits per heavy atom. The Hall–Kier alpha value is -1.55. The van der Waals surface area contributed by atoms with Crippen LogP contribution in [0.3, 0.4) is 0 Å². The maximum absolute atomic E-state index is 12.0. The molecule has 0 saturated carbocycles. The summed E-state index contributed by atoms with van der Waals surface area (Å²) in [5.41, 5.74) is 0.131. The number of ether oxygens (including phenoxy) is 1. The third-order valence-electron chi connectivity index (χ3n) is 2.82. The maximum Gasteiger partial charge on any atom is 0.273 e. The van der Waals surface area contributed by atoms with Gasteiger partial charge in [0.1, 0.15) is 0 Å². The van der Waals surface area contributed by atoms with Gasteiger partial charge in [-0.1, -0.05) is 6.07 Å². The largest absolute Gasteiger partial charge is 0.391 e. The highest BCUT2D eigenvalue weighted by Crippen LogP contribution is 2.21. The Morgan fingerprint density at radius 3 is 2.71 bits per heavy atom. The molecule has 9 heteroatoms. The third kappa shape index (κ3) is 5.05. The van der Waals surface area contributed by atoms with E-state index < -0.39 is 21.1 Å². The van der Waals surface area contributed by atoms with E-state index in [1.54, 1.807) is 0 Å². The molecule has 0 fully saturated rings. The van der Waals surface area contributed by atoms with Crippen molar-refractivity contribution in [2.24, 2.45) is 0 Å². The molecule has 1 rings (SSSR count). The van der Waals surface area contributed by atoms with Crippen LogP contribution in [0.15, 0.2) is 23.1 Å². The standard InChI is InChI=1S/C12H18N2O6S/c1-9-3-4-11(7-12(9)14(16)17)21(18,19)13-6-5-10(15)8-20-2/h3-4,7,10,13,15H,5-6,8H2,1-2H3. The second-order valence-electron chi connectivity index (χ2n) is 4.50. The monoisotopic (exact) mass is 318 g/mol. The second kappa shape index (κ2) is 7.46. The van der Waals surface area contributed by atoms with E-state index in [9.17, 15) is 23.6 Å². The molecule has 1 aromatic rings. The van der Waals surface area contributed by atoms with E-state index in [1.165, 1.54) is 26.2 Å². The Bertz CT molecular complexity index is 602. The molecule has 8 nitrogen and oxygen atoms in total. The predicted octanol–water partition coefficient (Wildman–Crippen LogP) is 0.579. The molecule has 0 bridgehead atoms. The van der Waals surface area contributed by atoms with E-state index in [4.69, 9.17) is 4.74 Å². The van der Waals surface area contributed by atoms with Crippen molar-refractivity contribution in [1.29, 1.82) is 0 Å². The average Bonchev–Trinajstić information content (AvgIpc) is 2.38. The highest BCUT2D eigenvalue weighted by Gasteiger charge is 2.19. The number of methoxy groups -OCH3 is 1. The van der Waals surface area contributed by atoms with Crippen molar-refractivity contribution >= 4 is 15.7 Å². The summed E-state index contributed by atoms with van der Waals surface area (Å²) in [6.07, 6.45) is -0.592. The van der Waals surface area contributed by atoms with E-state index >= 15 is 0 Å². The first-order valence-corrected chi connectivity index (χ1v) is 7.68. The Kier molecular flexibility index (Phi) is 6.21. The van der Waals surface area contributed by atoms with E-state index in [0.29, 0.717) is 5.56 Å². The number of hydrogen-bond acceptors (Lipinski definition) is 6. The normalized spacial score (nSPS) is 13.1. The van der Waals surface area contributed by atoms with Crippen LogP contribution in [0.4, 0.5) is 5.69 Å². The van der Waals surface area contributed by atoms with Gasteiger partial charge in [0.2, 0.25) is 10.0 Å². The summed E-state index contributed by atoms with van der Waals surface area (Å²) >= 11 is 0. The minimum absolute atomic E-state index is 0.00847. The number of aliphatic hydroxyl groups excluding tert-OH is 1. The highest BCUT2D eigenvalue weighted by atomic mass is 32.2. The molecular formula is C12H18N2O6S. The highest BCUT2D eigenvalue weighted by molar-refractivity contribution is 7.89. The van der Waals surface area contributed by atoms with Gasteiger partial charge >= 0.3 is 0 Å². The Morgan fingerprint density at radius 2 is 2.14 bits per heavy atom. The van der Waals surface area contributed by atoms with E-state index in [1.807, 2.05) is 0 Å². The lowest BCUT2D eigenvalue weighted by Gasteiger charge is -2.10. The first-order chi connectivity index (χ1) is 9.77. The van der Waals surface area contributed by atoms with Gasteiger partial charge in [0.15, 0.2) is 0 Å². The van der Waals surface area contributed by atoms with Crippen molar-refractivity contribution in [3.05, 3.63) is 33.9 Å². The number of hydrogen-bond donors (Lipinski definition) is 2. The first-order valence-electron chi connectivity index (χ1n) is 6.19. The van der Waals surface area contributed by atoms with Gasteiger partial charge in [0.25, 0.3) is 5.69 Å². The summed E-state index contributed by atoms with van der Waals surface area (Å²) in [5.74, 6) is 0. The summed E-state index contributed by atoms with van der Waals surface area (Å²) in [7, 11) is -2.42. The molecular weight excluding hydrogens is 300 g/mol. The van der Waals surface area contributed by atoms with Gasteiger partial charge in [0.05, 0.1) is 22.5 Å². The predicted molar refractivity (Wildman–Crippen MR) is 75.5 cm³/mol. The quantitative estimate of drug-likeness (QED) is 0.534. The molecule has 0 saturated heterocycles. The second-order valence-corrected chi connectivity index (χ2v) is 6.27. The summed E-state index contributed by atoms with van der Waals surface area (Å²) in [4.78, 5) is 10.0. The van der Waals surface area contributed by atoms with Gasteiger partial charge in [-0.05, 0) is 19.4 Å². The summed E-state index contributed by atoms with van der Waals surface area (Å²) < 4.78 is 31.0. The van der Waals surface area contributed by atoms with Gasteiger partial charge in [-0.15, -0.1) is 0 Å². The first kappa shape index (κ1) is 17.5. The molecule has 1 aromatic carbocycles. The number of benzene rings is 1. The van der Waals surface area contributed by atoms with Crippen LogP contribution in [0.5, 0.6) is 0 Å².